The van der Waals surface area contributed by atoms with Crippen LogP contribution in [0.5, 0.6) is 11.5 Å². The van der Waals surface area contributed by atoms with E-state index in [1.165, 1.54) is 0 Å². The van der Waals surface area contributed by atoms with E-state index in [9.17, 15) is 0 Å². The van der Waals surface area contributed by atoms with Crippen LogP contribution in [-0.2, 0) is 0 Å². The van der Waals surface area contributed by atoms with E-state index in [4.69, 9.17) is 15.2 Å². The molecule has 0 radical (unpaired) electrons. The summed E-state index contributed by atoms with van der Waals surface area (Å²) in [4.78, 5) is 2.23. The molecule has 96 valence electrons. The molecule has 0 aliphatic rings. The smallest absolute Gasteiger partial charge is 0.124 e. The molecular formula is C13H22N2O2. The van der Waals surface area contributed by atoms with Gasteiger partial charge in [0, 0.05) is 43.0 Å². The molecule has 2 N–H and O–H groups in total. The lowest BCUT2D eigenvalue weighted by atomic mass is 10.2. The molecule has 1 aromatic rings. The van der Waals surface area contributed by atoms with E-state index < -0.39 is 0 Å². The van der Waals surface area contributed by atoms with E-state index >= 15 is 0 Å². The fourth-order valence-corrected chi connectivity index (χ4v) is 1.78. The summed E-state index contributed by atoms with van der Waals surface area (Å²) in [6.45, 7) is 5.72. The van der Waals surface area contributed by atoms with Crippen molar-refractivity contribution in [2.75, 3.05) is 32.2 Å². The summed E-state index contributed by atoms with van der Waals surface area (Å²) in [5, 5.41) is 0. The molecule has 0 aliphatic carbocycles. The number of anilines is 1. The van der Waals surface area contributed by atoms with Gasteiger partial charge in [-0.05, 0) is 13.8 Å². The van der Waals surface area contributed by atoms with Crippen molar-refractivity contribution in [3.8, 4) is 11.5 Å². The quantitative estimate of drug-likeness (QED) is 0.822. The fourth-order valence-electron chi connectivity index (χ4n) is 1.78. The highest BCUT2D eigenvalue weighted by molar-refractivity contribution is 5.56. The molecule has 0 fully saturated rings. The Morgan fingerprint density at radius 2 is 1.65 bits per heavy atom. The summed E-state index contributed by atoms with van der Waals surface area (Å²) in [5.74, 6) is 1.59. The third-order valence-corrected chi connectivity index (χ3v) is 2.66. The number of benzene rings is 1. The molecular weight excluding hydrogens is 216 g/mol. The predicted octanol–water partition coefficient (Wildman–Crippen LogP) is 1.88. The zero-order chi connectivity index (χ0) is 12.8. The second kappa shape index (κ2) is 6.35. The van der Waals surface area contributed by atoms with Crippen molar-refractivity contribution in [3.05, 3.63) is 18.2 Å². The summed E-state index contributed by atoms with van der Waals surface area (Å²) in [6, 6.07) is 6.25. The van der Waals surface area contributed by atoms with Gasteiger partial charge in [0.05, 0.1) is 14.2 Å². The molecule has 0 unspecified atom stereocenters. The van der Waals surface area contributed by atoms with Gasteiger partial charge < -0.3 is 20.1 Å². The summed E-state index contributed by atoms with van der Waals surface area (Å²) in [6.07, 6.45) is 0. The monoisotopic (exact) mass is 238 g/mol. The first kappa shape index (κ1) is 13.6. The largest absolute Gasteiger partial charge is 0.497 e. The normalized spacial score (nSPS) is 10.5. The SMILES string of the molecule is COc1cc(OC)cc(N(CCN)C(C)C)c1. The van der Waals surface area contributed by atoms with Crippen LogP contribution in [0.25, 0.3) is 0 Å². The number of nitrogens with zero attached hydrogens (tertiary/aromatic N) is 1. The molecule has 1 aromatic carbocycles. The van der Waals surface area contributed by atoms with Crippen LogP contribution in [0.4, 0.5) is 5.69 Å². The molecule has 0 saturated carbocycles. The van der Waals surface area contributed by atoms with Gasteiger partial charge in [0.1, 0.15) is 11.5 Å². The highest BCUT2D eigenvalue weighted by atomic mass is 16.5. The molecule has 0 amide bonds. The Bertz CT molecular complexity index is 331. The Kier molecular flexibility index (Phi) is 5.10. The first-order chi connectivity index (χ1) is 8.12. The van der Waals surface area contributed by atoms with E-state index in [-0.39, 0.29) is 0 Å². The number of methoxy groups -OCH3 is 2. The number of hydrogen-bond donors (Lipinski definition) is 1. The van der Waals surface area contributed by atoms with Crippen molar-refractivity contribution in [2.24, 2.45) is 5.73 Å². The fraction of sp³-hybridized carbons (Fsp3) is 0.538. The number of ether oxygens (including phenoxy) is 2. The highest BCUT2D eigenvalue weighted by Crippen LogP contribution is 2.29. The maximum atomic E-state index is 5.64. The van der Waals surface area contributed by atoms with Crippen molar-refractivity contribution >= 4 is 5.69 Å². The highest BCUT2D eigenvalue weighted by Gasteiger charge is 2.12. The minimum Gasteiger partial charge on any atom is -0.497 e. The molecule has 0 spiro atoms. The summed E-state index contributed by atoms with van der Waals surface area (Å²) >= 11 is 0. The van der Waals surface area contributed by atoms with E-state index in [0.29, 0.717) is 12.6 Å². The van der Waals surface area contributed by atoms with Gasteiger partial charge in [-0.1, -0.05) is 0 Å². The van der Waals surface area contributed by atoms with Crippen LogP contribution in [0.3, 0.4) is 0 Å². The van der Waals surface area contributed by atoms with Crippen molar-refractivity contribution < 1.29 is 9.47 Å². The van der Waals surface area contributed by atoms with E-state index in [2.05, 4.69) is 18.7 Å². The van der Waals surface area contributed by atoms with Gasteiger partial charge in [-0.3, -0.25) is 0 Å². The minimum absolute atomic E-state index is 0.385. The van der Waals surface area contributed by atoms with Crippen molar-refractivity contribution in [2.45, 2.75) is 19.9 Å². The topological polar surface area (TPSA) is 47.7 Å². The maximum absolute atomic E-state index is 5.64. The van der Waals surface area contributed by atoms with Crippen LogP contribution in [0.1, 0.15) is 13.8 Å². The molecule has 1 rings (SSSR count). The van der Waals surface area contributed by atoms with Crippen LogP contribution in [-0.4, -0.2) is 33.4 Å². The van der Waals surface area contributed by atoms with Gasteiger partial charge in [-0.15, -0.1) is 0 Å². The van der Waals surface area contributed by atoms with Gasteiger partial charge in [0.15, 0.2) is 0 Å². The third-order valence-electron chi connectivity index (χ3n) is 2.66. The molecule has 0 heterocycles. The second-order valence-corrected chi connectivity index (χ2v) is 4.15. The van der Waals surface area contributed by atoms with Crippen molar-refractivity contribution in [1.82, 2.24) is 0 Å². The lowest BCUT2D eigenvalue weighted by Crippen LogP contribution is -2.35. The molecule has 0 aliphatic heterocycles. The molecule has 0 atom stereocenters. The van der Waals surface area contributed by atoms with Crippen molar-refractivity contribution in [3.63, 3.8) is 0 Å². The Hall–Kier alpha value is -1.42. The van der Waals surface area contributed by atoms with Crippen LogP contribution >= 0.6 is 0 Å². The van der Waals surface area contributed by atoms with Crippen LogP contribution in [0.15, 0.2) is 18.2 Å². The van der Waals surface area contributed by atoms with Crippen LogP contribution < -0.4 is 20.1 Å². The second-order valence-electron chi connectivity index (χ2n) is 4.15. The number of nitrogens with two attached hydrogens (primary N) is 1. The molecule has 4 heteroatoms. The zero-order valence-corrected chi connectivity index (χ0v) is 11.1. The number of rotatable bonds is 6. The van der Waals surface area contributed by atoms with Gasteiger partial charge in [0.2, 0.25) is 0 Å². The summed E-state index contributed by atoms with van der Waals surface area (Å²) in [7, 11) is 3.31. The third kappa shape index (κ3) is 3.53. The standard InChI is InChI=1S/C13H22N2O2/c1-10(2)15(6-5-14)11-7-12(16-3)9-13(8-11)17-4/h7-10H,5-6,14H2,1-4H3. The average Bonchev–Trinajstić information content (AvgIpc) is 2.34. The lowest BCUT2D eigenvalue weighted by molar-refractivity contribution is 0.394. The minimum atomic E-state index is 0.385. The van der Waals surface area contributed by atoms with Crippen molar-refractivity contribution in [1.29, 1.82) is 0 Å². The Morgan fingerprint density at radius 3 is 2.00 bits per heavy atom. The first-order valence-corrected chi connectivity index (χ1v) is 5.82. The van der Waals surface area contributed by atoms with E-state index in [1.807, 2.05) is 18.2 Å². The Labute approximate surface area is 103 Å². The Morgan fingerprint density at radius 1 is 1.12 bits per heavy atom. The van der Waals surface area contributed by atoms with Gasteiger partial charge in [0.25, 0.3) is 0 Å². The summed E-state index contributed by atoms with van der Waals surface area (Å²) < 4.78 is 10.5. The molecule has 0 bridgehead atoms. The average molecular weight is 238 g/mol. The first-order valence-electron chi connectivity index (χ1n) is 5.82. The molecule has 4 nitrogen and oxygen atoms in total. The van der Waals surface area contributed by atoms with E-state index in [0.717, 1.165) is 23.7 Å². The Balaban J connectivity index is 3.08. The van der Waals surface area contributed by atoms with Gasteiger partial charge in [-0.2, -0.15) is 0 Å². The van der Waals surface area contributed by atoms with Gasteiger partial charge in [-0.25, -0.2) is 0 Å². The predicted molar refractivity (Wildman–Crippen MR) is 71.1 cm³/mol. The molecule has 17 heavy (non-hydrogen) atoms. The molecule has 0 aromatic heterocycles. The van der Waals surface area contributed by atoms with Crippen LogP contribution in [0, 0.1) is 0 Å². The van der Waals surface area contributed by atoms with Crippen LogP contribution in [0.2, 0.25) is 0 Å². The summed E-state index contributed by atoms with van der Waals surface area (Å²) in [5.41, 5.74) is 6.71. The number of hydrogen-bond acceptors (Lipinski definition) is 4. The maximum Gasteiger partial charge on any atom is 0.124 e. The lowest BCUT2D eigenvalue weighted by Gasteiger charge is -2.29. The molecule has 0 saturated heterocycles. The zero-order valence-electron chi connectivity index (χ0n) is 11.1. The van der Waals surface area contributed by atoms with E-state index in [1.54, 1.807) is 14.2 Å². The van der Waals surface area contributed by atoms with Gasteiger partial charge >= 0.3 is 0 Å².